The summed E-state index contributed by atoms with van der Waals surface area (Å²) in [5.41, 5.74) is 8.59. The van der Waals surface area contributed by atoms with Crippen molar-refractivity contribution in [3.63, 3.8) is 0 Å². The fourth-order valence-electron chi connectivity index (χ4n) is 3.05. The van der Waals surface area contributed by atoms with Gasteiger partial charge in [0, 0.05) is 13.1 Å². The van der Waals surface area contributed by atoms with Crippen LogP contribution in [0.1, 0.15) is 27.0 Å². The van der Waals surface area contributed by atoms with Gasteiger partial charge in [0.05, 0.1) is 19.2 Å². The number of carbonyl (C=O) groups excluding carboxylic acids is 3. The van der Waals surface area contributed by atoms with Crippen LogP contribution in [0.4, 0.5) is 4.79 Å². The molecule has 2 amide bonds. The summed E-state index contributed by atoms with van der Waals surface area (Å²) >= 11 is 0. The Balaban J connectivity index is 1.64. The third kappa shape index (κ3) is 4.91. The molecule has 1 atom stereocenters. The van der Waals surface area contributed by atoms with Crippen LogP contribution in [0.5, 0.6) is 0 Å². The van der Waals surface area contributed by atoms with Gasteiger partial charge in [-0.15, -0.1) is 0 Å². The molecule has 2 aromatic carbocycles. The number of ether oxygens (including phenoxy) is 2. The predicted octanol–water partition coefficient (Wildman–Crippen LogP) is 1.57. The number of cyclic esters (lactones) is 1. The molecule has 2 aromatic rings. The summed E-state index contributed by atoms with van der Waals surface area (Å²) in [6, 6.07) is 13.6. The monoisotopic (exact) mass is 397 g/mol. The van der Waals surface area contributed by atoms with E-state index >= 15 is 0 Å². The van der Waals surface area contributed by atoms with E-state index in [-0.39, 0.29) is 19.1 Å². The van der Waals surface area contributed by atoms with Crippen molar-refractivity contribution >= 4 is 18.0 Å². The molecule has 8 heteroatoms. The molecule has 0 aliphatic carbocycles. The number of hydrogen-bond donors (Lipinski definition) is 2. The topological polar surface area (TPSA) is 111 Å². The molecule has 152 valence electrons. The predicted molar refractivity (Wildman–Crippen MR) is 105 cm³/mol. The minimum atomic E-state index is -0.743. The van der Waals surface area contributed by atoms with Crippen LogP contribution in [-0.4, -0.2) is 42.6 Å². The highest BCUT2D eigenvalue weighted by molar-refractivity contribution is 5.90. The quantitative estimate of drug-likeness (QED) is 0.686. The van der Waals surface area contributed by atoms with Gasteiger partial charge in [-0.25, -0.2) is 9.59 Å². The molecule has 3 N–H and O–H groups in total. The first-order valence-corrected chi connectivity index (χ1v) is 9.18. The van der Waals surface area contributed by atoms with Crippen LogP contribution in [0.3, 0.4) is 0 Å². The molecule has 1 saturated heterocycles. The Morgan fingerprint density at radius 2 is 1.90 bits per heavy atom. The van der Waals surface area contributed by atoms with E-state index in [0.29, 0.717) is 24.2 Å². The summed E-state index contributed by atoms with van der Waals surface area (Å²) in [5, 5.41) is 2.84. The molecular formula is C21H23N3O5. The van der Waals surface area contributed by atoms with E-state index in [2.05, 4.69) is 5.32 Å². The zero-order valence-corrected chi connectivity index (χ0v) is 16.1. The van der Waals surface area contributed by atoms with Gasteiger partial charge >= 0.3 is 12.1 Å². The molecule has 0 bridgehead atoms. The Morgan fingerprint density at radius 1 is 1.17 bits per heavy atom. The number of nitrogens with two attached hydrogens (primary N) is 1. The largest absolute Gasteiger partial charge is 0.465 e. The number of rotatable bonds is 7. The van der Waals surface area contributed by atoms with Crippen LogP contribution in [0.15, 0.2) is 48.5 Å². The second kappa shape index (κ2) is 9.20. The molecule has 0 saturated carbocycles. The van der Waals surface area contributed by atoms with Crippen molar-refractivity contribution < 1.29 is 23.9 Å². The minimum Gasteiger partial charge on any atom is -0.465 e. The van der Waals surface area contributed by atoms with Crippen molar-refractivity contribution in [3.05, 3.63) is 70.8 Å². The molecule has 1 aliphatic heterocycles. The third-order valence-electron chi connectivity index (χ3n) is 4.70. The van der Waals surface area contributed by atoms with E-state index in [1.54, 1.807) is 24.3 Å². The summed E-state index contributed by atoms with van der Waals surface area (Å²) in [4.78, 5) is 37.8. The first-order chi connectivity index (χ1) is 14.0. The lowest BCUT2D eigenvalue weighted by Gasteiger charge is -2.21. The standard InChI is InChI=1S/C21H23N3O5/c1-28-20(26)17-4-2-3-16(9-17)12-24-18(13-29-21(24)27)19(25)23-11-15-7-5-14(10-22)6-8-15/h2-9,18H,10-13,22H2,1H3,(H,23,25)/t18-/m0/s1. The molecular weight excluding hydrogens is 374 g/mol. The van der Waals surface area contributed by atoms with Gasteiger partial charge in [0.15, 0.2) is 0 Å². The third-order valence-corrected chi connectivity index (χ3v) is 4.70. The van der Waals surface area contributed by atoms with Crippen molar-refractivity contribution in [1.82, 2.24) is 10.2 Å². The maximum atomic E-state index is 12.6. The van der Waals surface area contributed by atoms with Crippen LogP contribution in [0, 0.1) is 0 Å². The number of benzene rings is 2. The van der Waals surface area contributed by atoms with Gasteiger partial charge in [0.25, 0.3) is 0 Å². The number of carbonyl (C=O) groups is 3. The van der Waals surface area contributed by atoms with Crippen molar-refractivity contribution in [1.29, 1.82) is 0 Å². The van der Waals surface area contributed by atoms with Gasteiger partial charge in [0.2, 0.25) is 5.91 Å². The lowest BCUT2D eigenvalue weighted by Crippen LogP contribution is -2.45. The lowest BCUT2D eigenvalue weighted by atomic mass is 10.1. The Labute approximate surface area is 168 Å². The van der Waals surface area contributed by atoms with Crippen LogP contribution in [0.2, 0.25) is 0 Å². The first kappa shape index (κ1) is 20.3. The minimum absolute atomic E-state index is 0.0204. The Kier molecular flexibility index (Phi) is 6.46. The molecule has 1 fully saturated rings. The summed E-state index contributed by atoms with van der Waals surface area (Å²) in [6.07, 6.45) is -0.569. The molecule has 0 radical (unpaired) electrons. The zero-order chi connectivity index (χ0) is 20.8. The molecule has 8 nitrogen and oxygen atoms in total. The highest BCUT2D eigenvalue weighted by Gasteiger charge is 2.37. The fraction of sp³-hybridized carbons (Fsp3) is 0.286. The number of methoxy groups -OCH3 is 1. The smallest absolute Gasteiger partial charge is 0.410 e. The van der Waals surface area contributed by atoms with E-state index < -0.39 is 18.1 Å². The Morgan fingerprint density at radius 3 is 2.59 bits per heavy atom. The van der Waals surface area contributed by atoms with Crippen LogP contribution in [0.25, 0.3) is 0 Å². The Bertz CT molecular complexity index is 897. The molecule has 1 aliphatic rings. The van der Waals surface area contributed by atoms with Crippen molar-refractivity contribution in [2.75, 3.05) is 13.7 Å². The van der Waals surface area contributed by atoms with Gasteiger partial charge < -0.3 is 20.5 Å². The second-order valence-corrected chi connectivity index (χ2v) is 6.65. The van der Waals surface area contributed by atoms with Gasteiger partial charge in [-0.05, 0) is 28.8 Å². The van der Waals surface area contributed by atoms with Crippen molar-refractivity contribution in [3.8, 4) is 0 Å². The average Bonchev–Trinajstić information content (AvgIpc) is 3.12. The van der Waals surface area contributed by atoms with Gasteiger partial charge in [0.1, 0.15) is 12.6 Å². The maximum absolute atomic E-state index is 12.6. The maximum Gasteiger partial charge on any atom is 0.410 e. The number of nitrogens with one attached hydrogen (secondary N) is 1. The van der Waals surface area contributed by atoms with Crippen LogP contribution >= 0.6 is 0 Å². The summed E-state index contributed by atoms with van der Waals surface area (Å²) < 4.78 is 9.79. The van der Waals surface area contributed by atoms with Crippen LogP contribution < -0.4 is 11.1 Å². The molecule has 0 aromatic heterocycles. The van der Waals surface area contributed by atoms with Gasteiger partial charge in [-0.3, -0.25) is 9.69 Å². The van der Waals surface area contributed by atoms with Crippen molar-refractivity contribution in [2.24, 2.45) is 5.73 Å². The van der Waals surface area contributed by atoms with E-state index in [1.165, 1.54) is 12.0 Å². The van der Waals surface area contributed by atoms with E-state index in [4.69, 9.17) is 15.2 Å². The average molecular weight is 397 g/mol. The van der Waals surface area contributed by atoms with Crippen molar-refractivity contribution in [2.45, 2.75) is 25.7 Å². The SMILES string of the molecule is COC(=O)c1cccc(CN2C(=O)OC[C@H]2C(=O)NCc2ccc(CN)cc2)c1. The molecule has 1 heterocycles. The number of esters is 1. The number of hydrogen-bond acceptors (Lipinski definition) is 6. The second-order valence-electron chi connectivity index (χ2n) is 6.65. The number of amides is 2. The van der Waals surface area contributed by atoms with Gasteiger partial charge in [-0.2, -0.15) is 0 Å². The number of nitrogens with zero attached hydrogens (tertiary/aromatic N) is 1. The van der Waals surface area contributed by atoms with Crippen LogP contribution in [-0.2, 0) is 33.9 Å². The molecule has 3 rings (SSSR count). The lowest BCUT2D eigenvalue weighted by molar-refractivity contribution is -0.125. The Hall–Kier alpha value is -3.39. The molecule has 0 spiro atoms. The normalized spacial score (nSPS) is 15.7. The summed E-state index contributed by atoms with van der Waals surface area (Å²) in [7, 11) is 1.30. The highest BCUT2D eigenvalue weighted by atomic mass is 16.6. The van der Waals surface area contributed by atoms with Gasteiger partial charge in [-0.1, -0.05) is 36.4 Å². The van der Waals surface area contributed by atoms with E-state index in [0.717, 1.165) is 11.1 Å². The molecule has 0 unspecified atom stereocenters. The zero-order valence-electron chi connectivity index (χ0n) is 16.1. The summed E-state index contributed by atoms with van der Waals surface area (Å²) in [5.74, 6) is -0.770. The molecule has 29 heavy (non-hydrogen) atoms. The fourth-order valence-corrected chi connectivity index (χ4v) is 3.05. The van der Waals surface area contributed by atoms with E-state index in [1.807, 2.05) is 24.3 Å². The highest BCUT2D eigenvalue weighted by Crippen LogP contribution is 2.18. The summed E-state index contributed by atoms with van der Waals surface area (Å²) in [6.45, 7) is 0.917. The first-order valence-electron chi connectivity index (χ1n) is 9.18. The van der Waals surface area contributed by atoms with E-state index in [9.17, 15) is 14.4 Å².